The van der Waals surface area contributed by atoms with Crippen molar-refractivity contribution in [1.29, 1.82) is 0 Å². The van der Waals surface area contributed by atoms with Crippen molar-refractivity contribution in [2.24, 2.45) is 28.6 Å². The fourth-order valence-electron chi connectivity index (χ4n) is 10.5. The van der Waals surface area contributed by atoms with Gasteiger partial charge in [-0.25, -0.2) is 0 Å². The molecule has 0 aromatic heterocycles. The highest BCUT2D eigenvalue weighted by molar-refractivity contribution is 5.28. The number of aliphatic hydroxyl groups is 5. The summed E-state index contributed by atoms with van der Waals surface area (Å²) in [5.74, 6) is 0.707. The lowest BCUT2D eigenvalue weighted by Crippen LogP contribution is -2.61. The molecule has 0 aromatic carbocycles. The Hall–Kier alpha value is -0.660. The second-order valence-corrected chi connectivity index (χ2v) is 15.4. The number of hydrogen-bond donors (Lipinski definition) is 5. The molecule has 4 aliphatic carbocycles. The van der Waals surface area contributed by atoms with Gasteiger partial charge in [0.15, 0.2) is 12.6 Å². The minimum atomic E-state index is -1.07. The minimum absolute atomic E-state index is 0.0202. The lowest BCUT2D eigenvalue weighted by molar-refractivity contribution is -0.309. The van der Waals surface area contributed by atoms with E-state index in [4.69, 9.17) is 23.7 Å². The number of methoxy groups -OCH3 is 1. The van der Waals surface area contributed by atoms with E-state index in [1.54, 1.807) is 13.8 Å². The normalized spacial score (nSPS) is 55.0. The Morgan fingerprint density at radius 3 is 2.34 bits per heavy atom. The summed E-state index contributed by atoms with van der Waals surface area (Å²) in [6.45, 7) is 10.2. The van der Waals surface area contributed by atoms with Gasteiger partial charge in [0.05, 0.1) is 36.1 Å². The maximum absolute atomic E-state index is 12.6. The molecule has 0 spiro atoms. The van der Waals surface area contributed by atoms with Crippen LogP contribution in [0.15, 0.2) is 11.6 Å². The second kappa shape index (κ2) is 12.1. The fraction of sp³-hybridized carbons (Fsp3) is 0.941. The van der Waals surface area contributed by atoms with Gasteiger partial charge in [-0.2, -0.15) is 0 Å². The topological polar surface area (TPSA) is 147 Å². The predicted octanol–water partition coefficient (Wildman–Crippen LogP) is 2.81. The van der Waals surface area contributed by atoms with E-state index >= 15 is 0 Å². The van der Waals surface area contributed by atoms with E-state index in [9.17, 15) is 25.5 Å². The Labute approximate surface area is 262 Å². The van der Waals surface area contributed by atoms with Gasteiger partial charge in [-0.1, -0.05) is 25.5 Å². The summed E-state index contributed by atoms with van der Waals surface area (Å²) in [6.07, 6.45) is 2.40. The average Bonchev–Trinajstić information content (AvgIpc) is 3.26. The van der Waals surface area contributed by atoms with E-state index in [1.807, 2.05) is 0 Å². The van der Waals surface area contributed by atoms with Crippen LogP contribution in [0.25, 0.3) is 0 Å². The number of fused-ring (bicyclic) bond motifs is 5. The molecule has 2 heterocycles. The molecule has 17 atom stereocenters. The van der Waals surface area contributed by atoms with Crippen molar-refractivity contribution < 1.29 is 49.2 Å². The average molecular weight is 625 g/mol. The molecule has 10 heteroatoms. The monoisotopic (exact) mass is 624 g/mol. The summed E-state index contributed by atoms with van der Waals surface area (Å²) in [5.41, 5.74) is 0.286. The van der Waals surface area contributed by atoms with Gasteiger partial charge >= 0.3 is 0 Å². The van der Waals surface area contributed by atoms with Crippen molar-refractivity contribution in [1.82, 2.24) is 0 Å². The van der Waals surface area contributed by atoms with Gasteiger partial charge in [0.25, 0.3) is 0 Å². The summed E-state index contributed by atoms with van der Waals surface area (Å²) >= 11 is 0. The van der Waals surface area contributed by atoms with Gasteiger partial charge in [-0.15, -0.1) is 0 Å². The Kier molecular flexibility index (Phi) is 9.14. The van der Waals surface area contributed by atoms with Crippen molar-refractivity contribution >= 4 is 0 Å². The summed E-state index contributed by atoms with van der Waals surface area (Å²) in [5, 5.41) is 54.1. The van der Waals surface area contributed by atoms with Gasteiger partial charge in [-0.05, 0) is 95.3 Å². The molecule has 5 N–H and O–H groups in total. The van der Waals surface area contributed by atoms with E-state index in [0.29, 0.717) is 5.92 Å². The summed E-state index contributed by atoms with van der Waals surface area (Å²) in [6, 6.07) is 0. The Morgan fingerprint density at radius 2 is 1.64 bits per heavy atom. The molecule has 10 nitrogen and oxygen atoms in total. The lowest BCUT2D eigenvalue weighted by Gasteiger charge is -2.61. The van der Waals surface area contributed by atoms with Crippen molar-refractivity contribution in [3.63, 3.8) is 0 Å². The molecule has 0 amide bonds. The molecule has 2 saturated heterocycles. The number of hydrogen-bond acceptors (Lipinski definition) is 10. The Bertz CT molecular complexity index is 1060. The van der Waals surface area contributed by atoms with Gasteiger partial charge in [0, 0.05) is 18.9 Å². The van der Waals surface area contributed by atoms with Crippen LogP contribution in [0.5, 0.6) is 0 Å². The van der Waals surface area contributed by atoms with Crippen LogP contribution in [-0.2, 0) is 23.7 Å². The highest BCUT2D eigenvalue weighted by Gasteiger charge is 2.67. The number of ether oxygens (including phenoxy) is 5. The van der Waals surface area contributed by atoms with Crippen molar-refractivity contribution in [2.75, 3.05) is 7.11 Å². The lowest BCUT2D eigenvalue weighted by atomic mass is 9.45. The number of aliphatic hydroxyl groups excluding tert-OH is 4. The van der Waals surface area contributed by atoms with Crippen LogP contribution in [0.1, 0.15) is 92.4 Å². The molecule has 0 bridgehead atoms. The molecule has 6 aliphatic rings. The van der Waals surface area contributed by atoms with Crippen molar-refractivity contribution in [2.45, 2.75) is 166 Å². The highest BCUT2D eigenvalue weighted by atomic mass is 16.7. The molecule has 5 fully saturated rings. The molecule has 44 heavy (non-hydrogen) atoms. The molecular formula is C34H56O10. The third-order valence-corrected chi connectivity index (χ3v) is 13.3. The van der Waals surface area contributed by atoms with Gasteiger partial charge in [0.2, 0.25) is 0 Å². The van der Waals surface area contributed by atoms with Crippen molar-refractivity contribution in [3.8, 4) is 0 Å². The zero-order chi connectivity index (χ0) is 31.8. The molecule has 0 radical (unpaired) electrons. The minimum Gasteiger partial charge on any atom is -0.390 e. The van der Waals surface area contributed by atoms with Crippen LogP contribution < -0.4 is 0 Å². The third kappa shape index (κ3) is 5.24. The smallest absolute Gasteiger partial charge is 0.186 e. The maximum Gasteiger partial charge on any atom is 0.186 e. The quantitative estimate of drug-likeness (QED) is 0.280. The van der Waals surface area contributed by atoms with Crippen LogP contribution >= 0.6 is 0 Å². The van der Waals surface area contributed by atoms with E-state index in [-0.39, 0.29) is 41.3 Å². The standard InChI is InChI=1S/C34H56O10/c1-17(41-26-16-25(35)27(36)18(2)42-26)22-11-14-34(39)24-8-7-20-15-21(9-12-32(20,4)23(24)10-13-33(22,34)5)44-31-29(38)30(40-6)28(37)19(3)43-31/h7,17-19,21-31,35-39H,8-16H2,1-6H3. The molecular weight excluding hydrogens is 568 g/mol. The molecule has 17 unspecified atom stereocenters. The van der Waals surface area contributed by atoms with E-state index in [1.165, 1.54) is 12.7 Å². The first-order chi connectivity index (χ1) is 20.7. The van der Waals surface area contributed by atoms with Gasteiger partial charge in [-0.3, -0.25) is 0 Å². The zero-order valence-electron chi connectivity index (χ0n) is 27.3. The molecule has 252 valence electrons. The van der Waals surface area contributed by atoms with Crippen LogP contribution in [-0.4, -0.2) is 106 Å². The highest BCUT2D eigenvalue weighted by Crippen LogP contribution is 2.68. The van der Waals surface area contributed by atoms with Crippen LogP contribution in [0.2, 0.25) is 0 Å². The van der Waals surface area contributed by atoms with Crippen LogP contribution in [0.4, 0.5) is 0 Å². The first kappa shape index (κ1) is 33.2. The second-order valence-electron chi connectivity index (χ2n) is 15.4. The zero-order valence-corrected chi connectivity index (χ0v) is 27.3. The third-order valence-electron chi connectivity index (χ3n) is 13.3. The molecule has 0 aromatic rings. The van der Waals surface area contributed by atoms with E-state index in [0.717, 1.165) is 51.4 Å². The number of allylic oxidation sites excluding steroid dienone is 1. The first-order valence-corrected chi connectivity index (χ1v) is 17.0. The van der Waals surface area contributed by atoms with Gasteiger partial charge in [0.1, 0.15) is 24.4 Å². The largest absolute Gasteiger partial charge is 0.390 e. The Balaban J connectivity index is 1.13. The molecule has 2 aliphatic heterocycles. The van der Waals surface area contributed by atoms with Crippen LogP contribution in [0.3, 0.4) is 0 Å². The van der Waals surface area contributed by atoms with Crippen LogP contribution in [0, 0.1) is 28.6 Å². The predicted molar refractivity (Wildman–Crippen MR) is 160 cm³/mol. The summed E-state index contributed by atoms with van der Waals surface area (Å²) in [7, 11) is 1.48. The SMILES string of the molecule is COC1C(O)C(C)OC(OC2CCC3(C)C(=CCC4C3CCC3(C)C(C(C)OC5CC(O)C(O)C(C)O5)CCC43O)C2)C1O. The van der Waals surface area contributed by atoms with E-state index in [2.05, 4.69) is 26.8 Å². The maximum atomic E-state index is 12.6. The first-order valence-electron chi connectivity index (χ1n) is 17.0. The molecule has 3 saturated carbocycles. The van der Waals surface area contributed by atoms with E-state index < -0.39 is 60.9 Å². The van der Waals surface area contributed by atoms with Crippen molar-refractivity contribution in [3.05, 3.63) is 11.6 Å². The summed E-state index contributed by atoms with van der Waals surface area (Å²) < 4.78 is 29.8. The molecule has 6 rings (SSSR count). The summed E-state index contributed by atoms with van der Waals surface area (Å²) in [4.78, 5) is 0. The van der Waals surface area contributed by atoms with Gasteiger partial charge < -0.3 is 49.2 Å². The number of rotatable bonds is 6. The fourth-order valence-corrected chi connectivity index (χ4v) is 10.5. The Morgan fingerprint density at radius 1 is 0.909 bits per heavy atom.